The molecule has 0 radical (unpaired) electrons. The van der Waals surface area contributed by atoms with Crippen molar-refractivity contribution in [2.24, 2.45) is 5.41 Å². The molecule has 28 heavy (non-hydrogen) atoms. The third-order valence-electron chi connectivity index (χ3n) is 3.58. The number of sulfonamides is 1. The molecule has 0 saturated heterocycles. The van der Waals surface area contributed by atoms with Gasteiger partial charge >= 0.3 is 0 Å². The summed E-state index contributed by atoms with van der Waals surface area (Å²) in [5.74, 6) is -0.599. The lowest BCUT2D eigenvalue weighted by atomic mass is 9.95. The third-order valence-corrected chi connectivity index (χ3v) is 4.50. The summed E-state index contributed by atoms with van der Waals surface area (Å²) in [4.78, 5) is 24.6. The smallest absolute Gasteiger partial charge is 0.255 e. The van der Waals surface area contributed by atoms with Crippen LogP contribution in [0.1, 0.15) is 31.1 Å². The Morgan fingerprint density at radius 3 is 2.14 bits per heavy atom. The first kappa shape index (κ1) is 21.7. The number of benzene rings is 2. The van der Waals surface area contributed by atoms with Gasteiger partial charge in [0.2, 0.25) is 15.9 Å². The van der Waals surface area contributed by atoms with Gasteiger partial charge in [0.1, 0.15) is 0 Å². The minimum atomic E-state index is -3.54. The fourth-order valence-electron chi connectivity index (χ4n) is 2.14. The number of halogens is 1. The molecular formula is C19H22ClN3O4S. The molecule has 150 valence electrons. The summed E-state index contributed by atoms with van der Waals surface area (Å²) < 4.78 is 25.1. The fourth-order valence-corrected chi connectivity index (χ4v) is 2.93. The van der Waals surface area contributed by atoms with E-state index in [0.717, 1.165) is 6.26 Å². The van der Waals surface area contributed by atoms with Crippen LogP contribution in [0.25, 0.3) is 0 Å². The van der Waals surface area contributed by atoms with E-state index in [1.165, 1.54) is 18.2 Å². The van der Waals surface area contributed by atoms with Crippen molar-refractivity contribution in [2.45, 2.75) is 20.8 Å². The third kappa shape index (κ3) is 6.24. The van der Waals surface area contributed by atoms with Crippen LogP contribution >= 0.6 is 11.6 Å². The van der Waals surface area contributed by atoms with E-state index in [1.807, 2.05) is 0 Å². The molecule has 0 bridgehead atoms. The molecule has 3 N–H and O–H groups in total. The van der Waals surface area contributed by atoms with E-state index in [-0.39, 0.29) is 22.2 Å². The number of rotatable bonds is 5. The first-order valence-electron chi connectivity index (χ1n) is 8.35. The van der Waals surface area contributed by atoms with Crippen LogP contribution in [0.2, 0.25) is 5.02 Å². The van der Waals surface area contributed by atoms with Crippen LogP contribution in [0.5, 0.6) is 0 Å². The molecule has 9 heteroatoms. The SMILES string of the molecule is CC(C)(C)C(=O)Nc1cccc(NC(=O)c2ccc(Cl)c(NS(C)(=O)=O)c2)c1. The van der Waals surface area contributed by atoms with Crippen molar-refractivity contribution in [3.05, 3.63) is 53.1 Å². The van der Waals surface area contributed by atoms with E-state index in [9.17, 15) is 18.0 Å². The molecule has 2 aromatic carbocycles. The number of nitrogens with one attached hydrogen (secondary N) is 3. The largest absolute Gasteiger partial charge is 0.326 e. The zero-order valence-corrected chi connectivity index (χ0v) is 17.5. The molecule has 0 fully saturated rings. The van der Waals surface area contributed by atoms with Gasteiger partial charge in [-0.25, -0.2) is 8.42 Å². The van der Waals surface area contributed by atoms with Gasteiger partial charge in [0.15, 0.2) is 0 Å². The van der Waals surface area contributed by atoms with Crippen molar-refractivity contribution >= 4 is 50.5 Å². The quantitative estimate of drug-likeness (QED) is 0.677. The number of hydrogen-bond acceptors (Lipinski definition) is 4. The van der Waals surface area contributed by atoms with Crippen LogP contribution in [0, 0.1) is 5.41 Å². The first-order chi connectivity index (χ1) is 12.8. The molecule has 0 heterocycles. The average Bonchev–Trinajstić information content (AvgIpc) is 2.55. The highest BCUT2D eigenvalue weighted by molar-refractivity contribution is 7.92. The zero-order chi connectivity index (χ0) is 21.1. The van der Waals surface area contributed by atoms with Gasteiger partial charge in [-0.3, -0.25) is 14.3 Å². The molecule has 2 amide bonds. The topological polar surface area (TPSA) is 104 Å². The van der Waals surface area contributed by atoms with Gasteiger partial charge in [-0.1, -0.05) is 38.4 Å². The van der Waals surface area contributed by atoms with Crippen LogP contribution < -0.4 is 15.4 Å². The summed E-state index contributed by atoms with van der Waals surface area (Å²) >= 11 is 5.97. The fraction of sp³-hybridized carbons (Fsp3) is 0.263. The van der Waals surface area contributed by atoms with Gasteiger partial charge in [-0.2, -0.15) is 0 Å². The molecule has 0 aliphatic heterocycles. The van der Waals surface area contributed by atoms with Gasteiger partial charge < -0.3 is 10.6 Å². The molecule has 0 aromatic heterocycles. The minimum Gasteiger partial charge on any atom is -0.326 e. The highest BCUT2D eigenvalue weighted by atomic mass is 35.5. The molecule has 0 aliphatic carbocycles. The number of anilines is 3. The zero-order valence-electron chi connectivity index (χ0n) is 16.0. The Morgan fingerprint density at radius 2 is 1.57 bits per heavy atom. The summed E-state index contributed by atoms with van der Waals surface area (Å²) in [6.07, 6.45) is 0.994. The Hall–Kier alpha value is -2.58. The van der Waals surface area contributed by atoms with E-state index in [0.29, 0.717) is 11.4 Å². The van der Waals surface area contributed by atoms with Crippen molar-refractivity contribution in [1.29, 1.82) is 0 Å². The molecule has 7 nitrogen and oxygen atoms in total. The average molecular weight is 424 g/mol. The first-order valence-corrected chi connectivity index (χ1v) is 10.6. The van der Waals surface area contributed by atoms with Gasteiger partial charge in [0.05, 0.1) is 17.0 Å². The lowest BCUT2D eigenvalue weighted by molar-refractivity contribution is -0.123. The van der Waals surface area contributed by atoms with Crippen molar-refractivity contribution < 1.29 is 18.0 Å². The molecule has 0 aliphatic rings. The Labute approximate surface area is 169 Å². The monoisotopic (exact) mass is 423 g/mol. The second-order valence-corrected chi connectivity index (χ2v) is 9.46. The van der Waals surface area contributed by atoms with E-state index < -0.39 is 21.3 Å². The van der Waals surface area contributed by atoms with E-state index >= 15 is 0 Å². The van der Waals surface area contributed by atoms with E-state index in [2.05, 4.69) is 15.4 Å². The Bertz CT molecular complexity index is 1010. The summed E-state index contributed by atoms with van der Waals surface area (Å²) in [6.45, 7) is 5.41. The second-order valence-electron chi connectivity index (χ2n) is 7.31. The van der Waals surface area contributed by atoms with Gasteiger partial charge in [0, 0.05) is 22.4 Å². The lowest BCUT2D eigenvalue weighted by Crippen LogP contribution is -2.27. The highest BCUT2D eigenvalue weighted by Crippen LogP contribution is 2.25. The number of carbonyl (C=O) groups excluding carboxylic acids is 2. The molecule has 2 rings (SSSR count). The molecular weight excluding hydrogens is 402 g/mol. The lowest BCUT2D eigenvalue weighted by Gasteiger charge is -2.18. The van der Waals surface area contributed by atoms with Gasteiger partial charge in [0.25, 0.3) is 5.91 Å². The Kier molecular flexibility index (Phi) is 6.36. The number of amides is 2. The van der Waals surface area contributed by atoms with Crippen LogP contribution in [0.4, 0.5) is 17.1 Å². The molecule has 0 saturated carbocycles. The summed E-state index contributed by atoms with van der Waals surface area (Å²) in [5.41, 5.74) is 0.811. The van der Waals surface area contributed by atoms with Crippen LogP contribution in [0.3, 0.4) is 0 Å². The molecule has 0 spiro atoms. The van der Waals surface area contributed by atoms with Gasteiger partial charge in [-0.15, -0.1) is 0 Å². The van der Waals surface area contributed by atoms with Crippen molar-refractivity contribution in [1.82, 2.24) is 0 Å². The van der Waals surface area contributed by atoms with Crippen LogP contribution in [-0.2, 0) is 14.8 Å². The van der Waals surface area contributed by atoms with E-state index in [1.54, 1.807) is 45.0 Å². The number of hydrogen-bond donors (Lipinski definition) is 3. The van der Waals surface area contributed by atoms with Gasteiger partial charge in [-0.05, 0) is 36.4 Å². The summed E-state index contributed by atoms with van der Waals surface area (Å²) in [7, 11) is -3.54. The summed E-state index contributed by atoms with van der Waals surface area (Å²) in [5, 5.41) is 5.68. The maximum absolute atomic E-state index is 12.5. The maximum Gasteiger partial charge on any atom is 0.255 e. The van der Waals surface area contributed by atoms with Crippen molar-refractivity contribution in [2.75, 3.05) is 21.6 Å². The summed E-state index contributed by atoms with van der Waals surface area (Å²) in [6, 6.07) is 11.0. The van der Waals surface area contributed by atoms with Crippen LogP contribution in [-0.4, -0.2) is 26.5 Å². The normalized spacial score (nSPS) is 11.6. The Morgan fingerprint density at radius 1 is 0.964 bits per heavy atom. The molecule has 2 aromatic rings. The number of carbonyl (C=O) groups is 2. The highest BCUT2D eigenvalue weighted by Gasteiger charge is 2.21. The maximum atomic E-state index is 12.5. The second kappa shape index (κ2) is 8.20. The van der Waals surface area contributed by atoms with Crippen molar-refractivity contribution in [3.63, 3.8) is 0 Å². The standard InChI is InChI=1S/C19H22ClN3O4S/c1-19(2,3)18(25)22-14-7-5-6-13(11-14)21-17(24)12-8-9-15(20)16(10-12)23-28(4,26)27/h5-11,23H,1-4H3,(H,21,24)(H,22,25). The predicted molar refractivity (Wildman–Crippen MR) is 112 cm³/mol. The molecule has 0 atom stereocenters. The van der Waals surface area contributed by atoms with Crippen LogP contribution in [0.15, 0.2) is 42.5 Å². The predicted octanol–water partition coefficient (Wildman–Crippen LogP) is 3.95. The Balaban J connectivity index is 2.18. The molecule has 0 unspecified atom stereocenters. The van der Waals surface area contributed by atoms with Crippen molar-refractivity contribution in [3.8, 4) is 0 Å². The van der Waals surface area contributed by atoms with E-state index in [4.69, 9.17) is 11.6 Å². The minimum absolute atomic E-state index is 0.114.